The van der Waals surface area contributed by atoms with Gasteiger partial charge in [-0.25, -0.2) is 14.8 Å². The highest BCUT2D eigenvalue weighted by atomic mass is 16.4. The van der Waals surface area contributed by atoms with E-state index >= 15 is 0 Å². The molecule has 2 heterocycles. The highest BCUT2D eigenvalue weighted by molar-refractivity contribution is 5.85. The zero-order valence-electron chi connectivity index (χ0n) is 9.01. The van der Waals surface area contributed by atoms with Gasteiger partial charge in [0.1, 0.15) is 5.69 Å². The van der Waals surface area contributed by atoms with Crippen LogP contribution in [0.3, 0.4) is 0 Å². The Balaban J connectivity index is 2.52. The molecular weight excluding hydrogens is 206 g/mol. The Morgan fingerprint density at radius 1 is 1.38 bits per heavy atom. The number of hydrogen-bond donors (Lipinski definition) is 1. The van der Waals surface area contributed by atoms with E-state index < -0.39 is 5.97 Å². The standard InChI is InChI=1S/C11H11N3O2/c1-7-8(2)14(6-13-7)9-3-4-12-10(5-9)11(15)16/h3-6H,1-2H3,(H,15,16). The molecule has 1 N–H and O–H groups in total. The summed E-state index contributed by atoms with van der Waals surface area (Å²) in [5, 5.41) is 8.84. The second kappa shape index (κ2) is 3.77. The summed E-state index contributed by atoms with van der Waals surface area (Å²) in [6.07, 6.45) is 3.15. The molecular formula is C11H11N3O2. The summed E-state index contributed by atoms with van der Waals surface area (Å²) >= 11 is 0. The molecule has 5 heteroatoms. The maximum atomic E-state index is 10.8. The van der Waals surface area contributed by atoms with Crippen molar-refractivity contribution in [3.05, 3.63) is 41.7 Å². The van der Waals surface area contributed by atoms with Crippen LogP contribution in [0.25, 0.3) is 5.69 Å². The SMILES string of the molecule is Cc1ncn(-c2ccnc(C(=O)O)c2)c1C. The minimum Gasteiger partial charge on any atom is -0.477 e. The van der Waals surface area contributed by atoms with E-state index in [-0.39, 0.29) is 5.69 Å². The quantitative estimate of drug-likeness (QED) is 0.829. The maximum Gasteiger partial charge on any atom is 0.354 e. The Morgan fingerprint density at radius 3 is 2.69 bits per heavy atom. The molecule has 0 fully saturated rings. The molecule has 0 saturated heterocycles. The number of aryl methyl sites for hydroxylation is 1. The molecule has 0 spiro atoms. The molecule has 0 aliphatic rings. The van der Waals surface area contributed by atoms with Gasteiger partial charge < -0.3 is 9.67 Å². The van der Waals surface area contributed by atoms with Crippen molar-refractivity contribution in [1.29, 1.82) is 0 Å². The average molecular weight is 217 g/mol. The number of pyridine rings is 1. The molecule has 0 aliphatic heterocycles. The van der Waals surface area contributed by atoms with Crippen LogP contribution in [-0.2, 0) is 0 Å². The molecule has 5 nitrogen and oxygen atoms in total. The maximum absolute atomic E-state index is 10.8. The molecule has 0 unspecified atom stereocenters. The Bertz CT molecular complexity index is 546. The van der Waals surface area contributed by atoms with Crippen LogP contribution >= 0.6 is 0 Å². The van der Waals surface area contributed by atoms with E-state index in [0.29, 0.717) is 0 Å². The second-order valence-electron chi connectivity index (χ2n) is 3.49. The lowest BCUT2D eigenvalue weighted by atomic mass is 10.3. The van der Waals surface area contributed by atoms with Crippen molar-refractivity contribution in [1.82, 2.24) is 14.5 Å². The van der Waals surface area contributed by atoms with Crippen LogP contribution < -0.4 is 0 Å². The third kappa shape index (κ3) is 1.67. The van der Waals surface area contributed by atoms with Gasteiger partial charge in [-0.2, -0.15) is 0 Å². The smallest absolute Gasteiger partial charge is 0.354 e. The number of hydrogen-bond acceptors (Lipinski definition) is 3. The van der Waals surface area contributed by atoms with E-state index in [1.165, 1.54) is 12.3 Å². The van der Waals surface area contributed by atoms with Crippen LogP contribution in [0.5, 0.6) is 0 Å². The van der Waals surface area contributed by atoms with Gasteiger partial charge in [0.05, 0.1) is 17.7 Å². The molecule has 0 radical (unpaired) electrons. The fourth-order valence-corrected chi connectivity index (χ4v) is 1.45. The first kappa shape index (κ1) is 10.4. The van der Waals surface area contributed by atoms with Gasteiger partial charge in [-0.1, -0.05) is 0 Å². The molecule has 0 aliphatic carbocycles. The van der Waals surface area contributed by atoms with Crippen molar-refractivity contribution in [3.8, 4) is 5.69 Å². The van der Waals surface area contributed by atoms with Gasteiger partial charge >= 0.3 is 5.97 Å². The van der Waals surface area contributed by atoms with Gasteiger partial charge in [0.2, 0.25) is 0 Å². The zero-order chi connectivity index (χ0) is 11.7. The first-order valence-corrected chi connectivity index (χ1v) is 4.80. The number of aromatic carboxylic acids is 1. The fraction of sp³-hybridized carbons (Fsp3) is 0.182. The fourth-order valence-electron chi connectivity index (χ4n) is 1.45. The van der Waals surface area contributed by atoms with Gasteiger partial charge in [-0.15, -0.1) is 0 Å². The summed E-state index contributed by atoms with van der Waals surface area (Å²) < 4.78 is 1.84. The second-order valence-corrected chi connectivity index (χ2v) is 3.49. The predicted octanol–water partition coefficient (Wildman–Crippen LogP) is 1.58. The van der Waals surface area contributed by atoms with Crippen LogP contribution in [0.2, 0.25) is 0 Å². The first-order valence-electron chi connectivity index (χ1n) is 4.80. The van der Waals surface area contributed by atoms with E-state index in [1.54, 1.807) is 12.4 Å². The summed E-state index contributed by atoms with van der Waals surface area (Å²) in [7, 11) is 0. The van der Waals surface area contributed by atoms with Crippen molar-refractivity contribution >= 4 is 5.97 Å². The lowest BCUT2D eigenvalue weighted by Crippen LogP contribution is -2.03. The van der Waals surface area contributed by atoms with Crippen molar-refractivity contribution in [2.24, 2.45) is 0 Å². The van der Waals surface area contributed by atoms with E-state index in [4.69, 9.17) is 5.11 Å². The summed E-state index contributed by atoms with van der Waals surface area (Å²) in [6.45, 7) is 3.84. The minimum atomic E-state index is -1.03. The van der Waals surface area contributed by atoms with Crippen LogP contribution in [0.1, 0.15) is 21.9 Å². The van der Waals surface area contributed by atoms with Crippen molar-refractivity contribution < 1.29 is 9.90 Å². The van der Waals surface area contributed by atoms with Crippen molar-refractivity contribution in [2.45, 2.75) is 13.8 Å². The number of rotatable bonds is 2. The van der Waals surface area contributed by atoms with Gasteiger partial charge in [0.25, 0.3) is 0 Å². The molecule has 16 heavy (non-hydrogen) atoms. The predicted molar refractivity (Wildman–Crippen MR) is 57.8 cm³/mol. The van der Waals surface area contributed by atoms with Gasteiger partial charge in [0.15, 0.2) is 0 Å². The lowest BCUT2D eigenvalue weighted by Gasteiger charge is -2.05. The van der Waals surface area contributed by atoms with Gasteiger partial charge in [-0.3, -0.25) is 0 Å². The molecule has 0 bridgehead atoms. The van der Waals surface area contributed by atoms with E-state index in [0.717, 1.165) is 17.1 Å². The van der Waals surface area contributed by atoms with E-state index in [9.17, 15) is 4.79 Å². The minimum absolute atomic E-state index is 0.0308. The summed E-state index contributed by atoms with van der Waals surface area (Å²) in [5.74, 6) is -1.03. The van der Waals surface area contributed by atoms with Gasteiger partial charge in [-0.05, 0) is 26.0 Å². The monoisotopic (exact) mass is 217 g/mol. The zero-order valence-corrected chi connectivity index (χ0v) is 9.01. The number of carboxylic acid groups (broad SMARTS) is 1. The largest absolute Gasteiger partial charge is 0.477 e. The molecule has 82 valence electrons. The van der Waals surface area contributed by atoms with Crippen LogP contribution in [0, 0.1) is 13.8 Å². The molecule has 0 aromatic carbocycles. The number of carbonyl (C=O) groups is 1. The normalized spacial score (nSPS) is 10.4. The van der Waals surface area contributed by atoms with Crippen LogP contribution in [0.4, 0.5) is 0 Å². The molecule has 0 saturated carbocycles. The van der Waals surface area contributed by atoms with E-state index in [1.807, 2.05) is 18.4 Å². The number of imidazole rings is 1. The Hall–Kier alpha value is -2.17. The Kier molecular flexibility index (Phi) is 2.44. The third-order valence-corrected chi connectivity index (χ3v) is 2.49. The molecule has 2 aromatic rings. The van der Waals surface area contributed by atoms with Crippen molar-refractivity contribution in [2.75, 3.05) is 0 Å². The molecule has 2 rings (SSSR count). The average Bonchev–Trinajstić information content (AvgIpc) is 2.60. The topological polar surface area (TPSA) is 68.0 Å². The molecule has 2 aromatic heterocycles. The van der Waals surface area contributed by atoms with Gasteiger partial charge in [0, 0.05) is 11.9 Å². The van der Waals surface area contributed by atoms with Crippen molar-refractivity contribution in [3.63, 3.8) is 0 Å². The van der Waals surface area contributed by atoms with E-state index in [2.05, 4.69) is 9.97 Å². The highest BCUT2D eigenvalue weighted by Gasteiger charge is 2.08. The number of carboxylic acids is 1. The molecule has 0 amide bonds. The molecule has 0 atom stereocenters. The summed E-state index contributed by atoms with van der Waals surface area (Å²) in [4.78, 5) is 18.7. The highest BCUT2D eigenvalue weighted by Crippen LogP contribution is 2.13. The number of nitrogens with zero attached hydrogens (tertiary/aromatic N) is 3. The third-order valence-electron chi connectivity index (χ3n) is 2.49. The lowest BCUT2D eigenvalue weighted by molar-refractivity contribution is 0.0690. The van der Waals surface area contributed by atoms with Crippen LogP contribution in [-0.4, -0.2) is 25.6 Å². The number of aromatic nitrogens is 3. The summed E-state index contributed by atoms with van der Waals surface area (Å²) in [6, 6.07) is 3.27. The Labute approximate surface area is 92.4 Å². The summed E-state index contributed by atoms with van der Waals surface area (Å²) in [5.41, 5.74) is 2.70. The Morgan fingerprint density at radius 2 is 2.12 bits per heavy atom. The first-order chi connectivity index (χ1) is 7.59. The van der Waals surface area contributed by atoms with Crippen LogP contribution in [0.15, 0.2) is 24.7 Å².